The van der Waals surface area contributed by atoms with Gasteiger partial charge in [-0.3, -0.25) is 0 Å². The van der Waals surface area contributed by atoms with Crippen LogP contribution in [0.1, 0.15) is 0 Å². The van der Waals surface area contributed by atoms with E-state index in [0.717, 1.165) is 13.2 Å². The Morgan fingerprint density at radius 1 is 1.17 bits per heavy atom. The number of methoxy groups -OCH3 is 2. The van der Waals surface area contributed by atoms with E-state index >= 15 is 0 Å². The number of nitrogen functional groups attached to an aromatic ring is 1. The zero-order chi connectivity index (χ0) is 13.3. The van der Waals surface area contributed by atoms with E-state index in [0.29, 0.717) is 0 Å². The molecular formula is C11H10F2N2O3. The first-order chi connectivity index (χ1) is 8.58. The summed E-state index contributed by atoms with van der Waals surface area (Å²) < 4.78 is 42.0. The molecule has 0 atom stereocenters. The fourth-order valence-corrected chi connectivity index (χ4v) is 1.51. The molecule has 0 saturated heterocycles. The largest absolute Gasteiger partial charge is 0.494 e. The first-order valence-corrected chi connectivity index (χ1v) is 4.91. The number of rotatable bonds is 3. The van der Waals surface area contributed by atoms with Gasteiger partial charge in [-0.1, -0.05) is 5.16 Å². The van der Waals surface area contributed by atoms with E-state index in [9.17, 15) is 8.78 Å². The molecule has 2 rings (SSSR count). The fourth-order valence-electron chi connectivity index (χ4n) is 1.51. The number of hydrogen-bond donors (Lipinski definition) is 1. The molecule has 0 aliphatic carbocycles. The molecule has 1 aromatic carbocycles. The summed E-state index contributed by atoms with van der Waals surface area (Å²) in [6.07, 6.45) is 0. The minimum absolute atomic E-state index is 0.0469. The SMILES string of the molecule is COc1cc(-c2cc(N)no2)c(F)c(OC)c1F. The maximum absolute atomic E-state index is 14.0. The average Bonchev–Trinajstić information content (AvgIpc) is 2.77. The van der Waals surface area contributed by atoms with Gasteiger partial charge in [0.05, 0.1) is 19.8 Å². The second kappa shape index (κ2) is 4.52. The van der Waals surface area contributed by atoms with E-state index in [1.807, 2.05) is 0 Å². The zero-order valence-corrected chi connectivity index (χ0v) is 9.66. The van der Waals surface area contributed by atoms with Crippen LogP contribution in [0.5, 0.6) is 11.5 Å². The van der Waals surface area contributed by atoms with Crippen LogP contribution in [0.25, 0.3) is 11.3 Å². The molecule has 0 unspecified atom stereocenters. The summed E-state index contributed by atoms with van der Waals surface area (Å²) in [5.74, 6) is -2.41. The molecule has 2 aromatic rings. The van der Waals surface area contributed by atoms with Crippen LogP contribution in [-0.4, -0.2) is 19.4 Å². The molecule has 7 heteroatoms. The molecule has 1 aromatic heterocycles. The van der Waals surface area contributed by atoms with Crippen molar-refractivity contribution in [3.05, 3.63) is 23.8 Å². The maximum Gasteiger partial charge on any atom is 0.209 e. The number of halogens is 2. The Morgan fingerprint density at radius 2 is 1.89 bits per heavy atom. The Morgan fingerprint density at radius 3 is 2.39 bits per heavy atom. The summed E-state index contributed by atoms with van der Waals surface area (Å²) in [4.78, 5) is 0. The summed E-state index contributed by atoms with van der Waals surface area (Å²) in [7, 11) is 2.41. The highest BCUT2D eigenvalue weighted by atomic mass is 19.1. The summed E-state index contributed by atoms with van der Waals surface area (Å²) in [6.45, 7) is 0. The Kier molecular flexibility index (Phi) is 3.05. The van der Waals surface area contributed by atoms with Crippen LogP contribution in [-0.2, 0) is 0 Å². The van der Waals surface area contributed by atoms with E-state index in [-0.39, 0.29) is 22.9 Å². The Hall–Kier alpha value is -2.31. The van der Waals surface area contributed by atoms with Gasteiger partial charge in [0.15, 0.2) is 28.9 Å². The van der Waals surface area contributed by atoms with Gasteiger partial charge in [-0.15, -0.1) is 0 Å². The molecule has 18 heavy (non-hydrogen) atoms. The highest BCUT2D eigenvalue weighted by Gasteiger charge is 2.23. The number of ether oxygens (including phenoxy) is 2. The molecule has 0 amide bonds. The third-order valence-corrected chi connectivity index (χ3v) is 2.34. The van der Waals surface area contributed by atoms with Crippen LogP contribution in [0.4, 0.5) is 14.6 Å². The normalized spacial score (nSPS) is 10.4. The van der Waals surface area contributed by atoms with Crippen LogP contribution in [0, 0.1) is 11.6 Å². The number of benzene rings is 1. The average molecular weight is 256 g/mol. The molecule has 0 aliphatic heterocycles. The molecule has 0 saturated carbocycles. The van der Waals surface area contributed by atoms with Crippen LogP contribution in [0.3, 0.4) is 0 Å². The predicted molar refractivity (Wildman–Crippen MR) is 59.4 cm³/mol. The van der Waals surface area contributed by atoms with Crippen molar-refractivity contribution in [2.24, 2.45) is 0 Å². The Bertz CT molecular complexity index is 584. The van der Waals surface area contributed by atoms with E-state index in [4.69, 9.17) is 15.0 Å². The molecule has 0 bridgehead atoms. The van der Waals surface area contributed by atoms with Gasteiger partial charge < -0.3 is 19.7 Å². The third kappa shape index (κ3) is 1.83. The van der Waals surface area contributed by atoms with E-state index < -0.39 is 17.4 Å². The Labute approximate surface area is 101 Å². The molecule has 96 valence electrons. The number of aromatic nitrogens is 1. The molecular weight excluding hydrogens is 246 g/mol. The monoisotopic (exact) mass is 256 g/mol. The quantitative estimate of drug-likeness (QED) is 0.911. The van der Waals surface area contributed by atoms with E-state index in [2.05, 4.69) is 9.89 Å². The lowest BCUT2D eigenvalue weighted by atomic mass is 10.1. The first-order valence-electron chi connectivity index (χ1n) is 4.91. The lowest BCUT2D eigenvalue weighted by Gasteiger charge is -2.10. The van der Waals surface area contributed by atoms with Crippen molar-refractivity contribution in [2.45, 2.75) is 0 Å². The number of anilines is 1. The van der Waals surface area contributed by atoms with Gasteiger partial charge >= 0.3 is 0 Å². The smallest absolute Gasteiger partial charge is 0.209 e. The van der Waals surface area contributed by atoms with Gasteiger partial charge in [-0.25, -0.2) is 4.39 Å². The van der Waals surface area contributed by atoms with Crippen LogP contribution in [0.2, 0.25) is 0 Å². The van der Waals surface area contributed by atoms with Crippen molar-refractivity contribution < 1.29 is 22.8 Å². The van der Waals surface area contributed by atoms with Crippen molar-refractivity contribution in [2.75, 3.05) is 20.0 Å². The number of nitrogens with two attached hydrogens (primary N) is 1. The van der Waals surface area contributed by atoms with E-state index in [1.165, 1.54) is 13.2 Å². The first kappa shape index (κ1) is 12.2. The van der Waals surface area contributed by atoms with Gasteiger partial charge in [0, 0.05) is 6.07 Å². The second-order valence-corrected chi connectivity index (χ2v) is 3.40. The summed E-state index contributed by atoms with van der Waals surface area (Å²) in [5.41, 5.74) is 5.33. The maximum atomic E-state index is 14.0. The summed E-state index contributed by atoms with van der Waals surface area (Å²) in [5, 5.41) is 3.43. The molecule has 0 aliphatic rings. The minimum atomic E-state index is -0.922. The van der Waals surface area contributed by atoms with Gasteiger partial charge in [-0.05, 0) is 6.07 Å². The predicted octanol–water partition coefficient (Wildman–Crippen LogP) is 2.22. The van der Waals surface area contributed by atoms with Gasteiger partial charge in [0.25, 0.3) is 0 Å². The lowest BCUT2D eigenvalue weighted by molar-refractivity contribution is 0.333. The second-order valence-electron chi connectivity index (χ2n) is 3.40. The third-order valence-electron chi connectivity index (χ3n) is 2.34. The van der Waals surface area contributed by atoms with Crippen molar-refractivity contribution in [3.8, 4) is 22.8 Å². The fraction of sp³-hybridized carbons (Fsp3) is 0.182. The van der Waals surface area contributed by atoms with Crippen LogP contribution >= 0.6 is 0 Å². The van der Waals surface area contributed by atoms with Gasteiger partial charge in [0.1, 0.15) is 0 Å². The standard InChI is InChI=1S/C11H10F2N2O3/c1-16-7-3-5(6-4-8(14)15-18-6)9(12)11(17-2)10(7)13/h3-4H,1-2H3,(H2,14,15). The highest BCUT2D eigenvalue weighted by molar-refractivity contribution is 5.65. The van der Waals surface area contributed by atoms with Crippen LogP contribution in [0.15, 0.2) is 16.7 Å². The number of hydrogen-bond acceptors (Lipinski definition) is 5. The van der Waals surface area contributed by atoms with Gasteiger partial charge in [0.2, 0.25) is 5.82 Å². The van der Waals surface area contributed by atoms with Crippen molar-refractivity contribution in [1.29, 1.82) is 0 Å². The van der Waals surface area contributed by atoms with Crippen molar-refractivity contribution in [3.63, 3.8) is 0 Å². The summed E-state index contributed by atoms with van der Waals surface area (Å²) in [6, 6.07) is 2.46. The molecule has 2 N–H and O–H groups in total. The molecule has 0 radical (unpaired) electrons. The molecule has 5 nitrogen and oxygen atoms in total. The van der Waals surface area contributed by atoms with Crippen molar-refractivity contribution >= 4 is 5.82 Å². The number of nitrogens with zero attached hydrogens (tertiary/aromatic N) is 1. The minimum Gasteiger partial charge on any atom is -0.494 e. The molecule has 1 heterocycles. The lowest BCUT2D eigenvalue weighted by Crippen LogP contribution is -1.99. The van der Waals surface area contributed by atoms with Crippen molar-refractivity contribution in [1.82, 2.24) is 5.16 Å². The molecule has 0 fully saturated rings. The summed E-state index contributed by atoms with van der Waals surface area (Å²) >= 11 is 0. The van der Waals surface area contributed by atoms with Crippen LogP contribution < -0.4 is 15.2 Å². The molecule has 0 spiro atoms. The Balaban J connectivity index is 2.67. The topological polar surface area (TPSA) is 70.5 Å². The van der Waals surface area contributed by atoms with E-state index in [1.54, 1.807) is 0 Å². The van der Waals surface area contributed by atoms with Gasteiger partial charge in [-0.2, -0.15) is 4.39 Å². The highest BCUT2D eigenvalue weighted by Crippen LogP contribution is 2.37. The zero-order valence-electron chi connectivity index (χ0n) is 9.66.